The van der Waals surface area contributed by atoms with Crippen molar-refractivity contribution in [2.45, 2.75) is 6.92 Å². The fourth-order valence-electron chi connectivity index (χ4n) is 2.37. The number of hydrogen-bond acceptors (Lipinski definition) is 8. The van der Waals surface area contributed by atoms with E-state index in [0.29, 0.717) is 34.1 Å². The first-order valence-corrected chi connectivity index (χ1v) is 7.26. The van der Waals surface area contributed by atoms with Gasteiger partial charge in [-0.05, 0) is 19.1 Å². The lowest BCUT2D eigenvalue weighted by molar-refractivity contribution is 0.121. The van der Waals surface area contributed by atoms with Gasteiger partial charge in [-0.2, -0.15) is 5.10 Å². The lowest BCUT2D eigenvalue weighted by Crippen LogP contribution is -2.07. The Balaban J connectivity index is 1.99. The van der Waals surface area contributed by atoms with Crippen molar-refractivity contribution in [1.82, 2.24) is 14.6 Å². The van der Waals surface area contributed by atoms with Crippen LogP contribution in [-0.4, -0.2) is 40.1 Å². The SMILES string of the molecule is COC(=O)Oc1cn2ncnc(Nc3ccc(OC)c(O)c3)c2c1C. The maximum atomic E-state index is 11.3. The molecule has 25 heavy (non-hydrogen) atoms. The molecular formula is C16H16N4O5. The first-order valence-electron chi connectivity index (χ1n) is 7.26. The number of nitrogens with zero attached hydrogens (tertiary/aromatic N) is 3. The second-order valence-corrected chi connectivity index (χ2v) is 5.09. The summed E-state index contributed by atoms with van der Waals surface area (Å²) >= 11 is 0. The number of anilines is 2. The van der Waals surface area contributed by atoms with Gasteiger partial charge >= 0.3 is 6.16 Å². The lowest BCUT2D eigenvalue weighted by Gasteiger charge is -2.09. The molecule has 130 valence electrons. The number of ether oxygens (including phenoxy) is 3. The van der Waals surface area contributed by atoms with Gasteiger partial charge in [0.15, 0.2) is 23.1 Å². The topological polar surface area (TPSA) is 107 Å². The summed E-state index contributed by atoms with van der Waals surface area (Å²) in [5.41, 5.74) is 1.89. The number of fused-ring (bicyclic) bond motifs is 1. The molecule has 0 amide bonds. The predicted molar refractivity (Wildman–Crippen MR) is 88.7 cm³/mol. The molecule has 9 heteroatoms. The Morgan fingerprint density at radius 3 is 2.76 bits per heavy atom. The third-order valence-electron chi connectivity index (χ3n) is 3.58. The zero-order chi connectivity index (χ0) is 18.0. The summed E-state index contributed by atoms with van der Waals surface area (Å²) in [7, 11) is 2.71. The van der Waals surface area contributed by atoms with E-state index in [0.717, 1.165) is 0 Å². The zero-order valence-electron chi connectivity index (χ0n) is 13.8. The van der Waals surface area contributed by atoms with Crippen molar-refractivity contribution < 1.29 is 24.1 Å². The van der Waals surface area contributed by atoms with Crippen molar-refractivity contribution in [3.8, 4) is 17.2 Å². The molecule has 0 spiro atoms. The number of carbonyl (C=O) groups excluding carboxylic acids is 1. The Morgan fingerprint density at radius 2 is 2.08 bits per heavy atom. The maximum Gasteiger partial charge on any atom is 0.513 e. The van der Waals surface area contributed by atoms with E-state index < -0.39 is 6.16 Å². The van der Waals surface area contributed by atoms with Crippen LogP contribution in [0, 0.1) is 6.92 Å². The zero-order valence-corrected chi connectivity index (χ0v) is 13.8. The summed E-state index contributed by atoms with van der Waals surface area (Å²) in [5.74, 6) is 1.16. The van der Waals surface area contributed by atoms with Crippen molar-refractivity contribution in [1.29, 1.82) is 0 Å². The molecule has 9 nitrogen and oxygen atoms in total. The van der Waals surface area contributed by atoms with Gasteiger partial charge in [0.2, 0.25) is 0 Å². The Morgan fingerprint density at radius 1 is 1.28 bits per heavy atom. The Bertz CT molecular complexity index is 938. The van der Waals surface area contributed by atoms with E-state index in [-0.39, 0.29) is 5.75 Å². The molecule has 0 radical (unpaired) electrons. The molecule has 0 bridgehead atoms. The van der Waals surface area contributed by atoms with Gasteiger partial charge in [0.1, 0.15) is 11.8 Å². The van der Waals surface area contributed by atoms with Crippen LogP contribution in [0.2, 0.25) is 0 Å². The standard InChI is InChI=1S/C16H16N4O5/c1-9-13(25-16(22)24-3)7-20-14(9)15(17-8-18-20)19-10-4-5-12(23-2)11(21)6-10/h4-8,21H,1-3H3,(H,17,18,19). The maximum absolute atomic E-state index is 11.3. The molecule has 0 atom stereocenters. The van der Waals surface area contributed by atoms with Crippen molar-refractivity contribution >= 4 is 23.2 Å². The van der Waals surface area contributed by atoms with Gasteiger partial charge < -0.3 is 24.6 Å². The molecule has 0 unspecified atom stereocenters. The van der Waals surface area contributed by atoms with Gasteiger partial charge in [-0.3, -0.25) is 0 Å². The molecule has 2 aromatic heterocycles. The summed E-state index contributed by atoms with van der Waals surface area (Å²) < 4.78 is 16.2. The Kier molecular flexibility index (Phi) is 4.29. The minimum absolute atomic E-state index is 0.000560. The van der Waals surface area contributed by atoms with Crippen molar-refractivity contribution in [3.63, 3.8) is 0 Å². The number of rotatable bonds is 4. The molecule has 0 fully saturated rings. The minimum atomic E-state index is -0.818. The number of nitrogens with one attached hydrogen (secondary N) is 1. The minimum Gasteiger partial charge on any atom is -0.504 e. The van der Waals surface area contributed by atoms with E-state index in [1.54, 1.807) is 25.3 Å². The quantitative estimate of drug-likeness (QED) is 0.696. The molecule has 3 rings (SSSR count). The van der Waals surface area contributed by atoms with Gasteiger partial charge in [-0.15, -0.1) is 0 Å². The summed E-state index contributed by atoms with van der Waals surface area (Å²) in [4.78, 5) is 15.6. The van der Waals surface area contributed by atoms with Crippen LogP contribution in [0.5, 0.6) is 17.2 Å². The second-order valence-electron chi connectivity index (χ2n) is 5.09. The molecule has 0 aliphatic rings. The van der Waals surface area contributed by atoms with E-state index in [4.69, 9.17) is 9.47 Å². The van der Waals surface area contributed by atoms with Crippen LogP contribution in [0.1, 0.15) is 5.56 Å². The average Bonchev–Trinajstić information content (AvgIpc) is 2.92. The summed E-state index contributed by atoms with van der Waals surface area (Å²) in [6.45, 7) is 1.77. The normalized spacial score (nSPS) is 10.5. The van der Waals surface area contributed by atoms with Gasteiger partial charge in [-0.1, -0.05) is 0 Å². The molecular weight excluding hydrogens is 328 g/mol. The highest BCUT2D eigenvalue weighted by Crippen LogP contribution is 2.33. The summed E-state index contributed by atoms with van der Waals surface area (Å²) in [6, 6.07) is 4.88. The number of aromatic nitrogens is 3. The van der Waals surface area contributed by atoms with E-state index in [1.165, 1.54) is 31.1 Å². The fourth-order valence-corrected chi connectivity index (χ4v) is 2.37. The van der Waals surface area contributed by atoms with Crippen LogP contribution in [0.25, 0.3) is 5.52 Å². The van der Waals surface area contributed by atoms with E-state index in [1.807, 2.05) is 0 Å². The van der Waals surface area contributed by atoms with Crippen molar-refractivity contribution in [2.75, 3.05) is 19.5 Å². The molecule has 0 aliphatic carbocycles. The third-order valence-corrected chi connectivity index (χ3v) is 3.58. The van der Waals surface area contributed by atoms with Crippen LogP contribution in [0.3, 0.4) is 0 Å². The Hall–Kier alpha value is -3.49. The van der Waals surface area contributed by atoms with Crippen LogP contribution in [-0.2, 0) is 4.74 Å². The van der Waals surface area contributed by atoms with Gasteiger partial charge in [0, 0.05) is 17.3 Å². The van der Waals surface area contributed by atoms with Crippen molar-refractivity contribution in [2.24, 2.45) is 0 Å². The number of benzene rings is 1. The molecule has 2 heterocycles. The first kappa shape index (κ1) is 16.4. The molecule has 2 N–H and O–H groups in total. The molecule has 0 aliphatic heterocycles. The number of aromatic hydroxyl groups is 1. The molecule has 0 saturated heterocycles. The average molecular weight is 344 g/mol. The fraction of sp³-hybridized carbons (Fsp3) is 0.188. The van der Waals surface area contributed by atoms with Crippen LogP contribution in [0.15, 0.2) is 30.7 Å². The van der Waals surface area contributed by atoms with Gasteiger partial charge in [-0.25, -0.2) is 14.3 Å². The highest BCUT2D eigenvalue weighted by molar-refractivity contribution is 5.80. The molecule has 0 saturated carbocycles. The largest absolute Gasteiger partial charge is 0.513 e. The Labute approximate surface area is 142 Å². The number of aryl methyl sites for hydroxylation is 1. The summed E-state index contributed by atoms with van der Waals surface area (Å²) in [5, 5.41) is 17.1. The van der Waals surface area contributed by atoms with E-state index >= 15 is 0 Å². The number of hydrogen-bond donors (Lipinski definition) is 2. The predicted octanol–water partition coefficient (Wildman–Crippen LogP) is 2.64. The second kappa shape index (κ2) is 6.56. The number of methoxy groups -OCH3 is 2. The van der Waals surface area contributed by atoms with E-state index in [2.05, 4.69) is 20.1 Å². The van der Waals surface area contributed by atoms with Crippen molar-refractivity contribution in [3.05, 3.63) is 36.3 Å². The number of phenols is 1. The third kappa shape index (κ3) is 3.11. The molecule has 1 aromatic carbocycles. The smallest absolute Gasteiger partial charge is 0.504 e. The van der Waals surface area contributed by atoms with Gasteiger partial charge in [0.25, 0.3) is 0 Å². The van der Waals surface area contributed by atoms with Crippen LogP contribution >= 0.6 is 0 Å². The first-order chi connectivity index (χ1) is 12.0. The highest BCUT2D eigenvalue weighted by Gasteiger charge is 2.17. The molecule has 3 aromatic rings. The number of carbonyl (C=O) groups is 1. The highest BCUT2D eigenvalue weighted by atomic mass is 16.7. The lowest BCUT2D eigenvalue weighted by atomic mass is 10.2. The summed E-state index contributed by atoms with van der Waals surface area (Å²) in [6.07, 6.45) is 2.10. The van der Waals surface area contributed by atoms with Crippen LogP contribution in [0.4, 0.5) is 16.3 Å². The van der Waals surface area contributed by atoms with Gasteiger partial charge in [0.05, 0.1) is 20.4 Å². The monoisotopic (exact) mass is 344 g/mol. The van der Waals surface area contributed by atoms with Crippen LogP contribution < -0.4 is 14.8 Å². The number of phenolic OH excluding ortho intramolecular Hbond substituents is 1. The van der Waals surface area contributed by atoms with E-state index in [9.17, 15) is 9.90 Å².